The second-order valence-corrected chi connectivity index (χ2v) is 7.48. The van der Waals surface area contributed by atoms with Crippen molar-refractivity contribution < 1.29 is 14.2 Å². The first kappa shape index (κ1) is 18.2. The molecule has 0 radical (unpaired) electrons. The monoisotopic (exact) mass is 383 g/mol. The maximum absolute atomic E-state index is 14.6. The summed E-state index contributed by atoms with van der Waals surface area (Å²) in [6.07, 6.45) is 3.34. The Morgan fingerprint density at radius 1 is 1.56 bits per heavy atom. The third-order valence-corrected chi connectivity index (χ3v) is 5.00. The van der Waals surface area contributed by atoms with Gasteiger partial charge < -0.3 is 9.84 Å². The van der Waals surface area contributed by atoms with E-state index < -0.39 is 11.4 Å². The lowest BCUT2D eigenvalue weighted by Crippen LogP contribution is -2.40. The SMILES string of the molecule is CC(=S)Oc1ncnn1C[C@@](O)(c1ccc(Cl)cc1F)C(C)C1CC1. The highest BCUT2D eigenvalue weighted by Crippen LogP contribution is 2.47. The molecule has 0 aliphatic heterocycles. The summed E-state index contributed by atoms with van der Waals surface area (Å²) in [6.45, 7) is 3.54. The Bertz CT molecular complexity index is 796. The van der Waals surface area contributed by atoms with Crippen molar-refractivity contribution in [2.45, 2.75) is 38.8 Å². The number of benzene rings is 1. The summed E-state index contributed by atoms with van der Waals surface area (Å²) in [7, 11) is 0. The van der Waals surface area contributed by atoms with Gasteiger partial charge in [-0.25, -0.2) is 9.07 Å². The molecule has 1 aromatic carbocycles. The first-order chi connectivity index (χ1) is 11.8. The number of ether oxygens (including phenoxy) is 1. The lowest BCUT2D eigenvalue weighted by atomic mass is 9.79. The second-order valence-electron chi connectivity index (χ2n) is 6.47. The van der Waals surface area contributed by atoms with E-state index in [0.717, 1.165) is 12.8 Å². The topological polar surface area (TPSA) is 60.2 Å². The number of nitrogens with zero attached hydrogens (tertiary/aromatic N) is 3. The standard InChI is InChI=1S/C17H19ClFN3O2S/c1-10(12-3-4-12)17(23,14-6-5-13(18)7-15(14)19)8-22-16(20-9-21-22)24-11(2)25/h5-7,9-10,12,23H,3-4,8H2,1-2H3/t10?,17-/m0/s1. The van der Waals surface area contributed by atoms with Crippen LogP contribution >= 0.6 is 23.8 Å². The molecule has 8 heteroatoms. The fourth-order valence-electron chi connectivity index (χ4n) is 3.10. The summed E-state index contributed by atoms with van der Waals surface area (Å²) in [5.41, 5.74) is -1.28. The van der Waals surface area contributed by atoms with E-state index in [1.165, 1.54) is 23.1 Å². The first-order valence-corrected chi connectivity index (χ1v) is 8.84. The Balaban J connectivity index is 2.00. The van der Waals surface area contributed by atoms with E-state index in [9.17, 15) is 9.50 Å². The average molecular weight is 384 g/mol. The van der Waals surface area contributed by atoms with Crippen LogP contribution in [0.2, 0.25) is 5.02 Å². The molecule has 1 fully saturated rings. The highest BCUT2D eigenvalue weighted by molar-refractivity contribution is 7.80. The van der Waals surface area contributed by atoms with Gasteiger partial charge in [0.2, 0.25) is 0 Å². The van der Waals surface area contributed by atoms with E-state index in [-0.39, 0.29) is 34.1 Å². The van der Waals surface area contributed by atoms with Crippen LogP contribution in [-0.4, -0.2) is 24.9 Å². The van der Waals surface area contributed by atoms with Gasteiger partial charge in [-0.1, -0.05) is 24.6 Å². The van der Waals surface area contributed by atoms with Gasteiger partial charge in [-0.15, -0.1) is 0 Å². The zero-order chi connectivity index (χ0) is 18.2. The highest BCUT2D eigenvalue weighted by Gasteiger charge is 2.46. The molecular formula is C17H19ClFN3O2S. The zero-order valence-electron chi connectivity index (χ0n) is 13.9. The number of aromatic nitrogens is 3. The molecule has 0 amide bonds. The van der Waals surface area contributed by atoms with Gasteiger partial charge in [-0.2, -0.15) is 10.1 Å². The predicted octanol–water partition coefficient (Wildman–Crippen LogP) is 3.73. The molecule has 1 N–H and O–H groups in total. The highest BCUT2D eigenvalue weighted by atomic mass is 35.5. The molecule has 2 atom stereocenters. The first-order valence-electron chi connectivity index (χ1n) is 8.05. The number of hydrogen-bond acceptors (Lipinski definition) is 5. The smallest absolute Gasteiger partial charge is 0.320 e. The largest absolute Gasteiger partial charge is 0.417 e. The van der Waals surface area contributed by atoms with E-state index in [1.54, 1.807) is 13.0 Å². The van der Waals surface area contributed by atoms with Crippen LogP contribution in [0.25, 0.3) is 0 Å². The molecule has 0 bridgehead atoms. The summed E-state index contributed by atoms with van der Waals surface area (Å²) in [5, 5.41) is 16.2. The Hall–Kier alpha value is -1.57. The normalized spacial score (nSPS) is 17.8. The molecule has 5 nitrogen and oxygen atoms in total. The molecule has 1 aliphatic carbocycles. The van der Waals surface area contributed by atoms with Crippen molar-refractivity contribution in [1.29, 1.82) is 0 Å². The fraction of sp³-hybridized carbons (Fsp3) is 0.471. The summed E-state index contributed by atoms with van der Waals surface area (Å²) >= 11 is 10.8. The lowest BCUT2D eigenvalue weighted by Gasteiger charge is -2.35. The van der Waals surface area contributed by atoms with Gasteiger partial charge in [-0.05, 0) is 49.0 Å². The number of halogens is 2. The molecule has 0 spiro atoms. The molecule has 134 valence electrons. The number of rotatable bonds is 6. The number of aliphatic hydroxyl groups is 1. The minimum absolute atomic E-state index is 0.00116. The van der Waals surface area contributed by atoms with Gasteiger partial charge in [-0.3, -0.25) is 0 Å². The summed E-state index contributed by atoms with van der Waals surface area (Å²) in [4.78, 5) is 4.01. The predicted molar refractivity (Wildman–Crippen MR) is 96.1 cm³/mol. The third-order valence-electron chi connectivity index (χ3n) is 4.69. The van der Waals surface area contributed by atoms with Crippen LogP contribution < -0.4 is 4.74 Å². The number of hydrogen-bond donors (Lipinski definition) is 1. The molecule has 1 saturated carbocycles. The Morgan fingerprint density at radius 3 is 2.88 bits per heavy atom. The van der Waals surface area contributed by atoms with Gasteiger partial charge in [0.05, 0.1) is 6.54 Å². The molecule has 0 saturated heterocycles. The van der Waals surface area contributed by atoms with Crippen molar-refractivity contribution in [1.82, 2.24) is 14.8 Å². The molecule has 2 aromatic rings. The maximum Gasteiger partial charge on any atom is 0.320 e. The summed E-state index contributed by atoms with van der Waals surface area (Å²) < 4.78 is 21.4. The van der Waals surface area contributed by atoms with Crippen LogP contribution in [0.15, 0.2) is 24.5 Å². The average Bonchev–Trinajstić information content (AvgIpc) is 3.29. The van der Waals surface area contributed by atoms with Gasteiger partial charge in [0, 0.05) is 17.5 Å². The minimum Gasteiger partial charge on any atom is -0.417 e. The van der Waals surface area contributed by atoms with Gasteiger partial charge in [0.15, 0.2) is 5.05 Å². The van der Waals surface area contributed by atoms with Crippen molar-refractivity contribution in [3.05, 3.63) is 40.9 Å². The van der Waals surface area contributed by atoms with E-state index in [4.69, 9.17) is 28.6 Å². The quantitative estimate of drug-likeness (QED) is 0.770. The van der Waals surface area contributed by atoms with Crippen LogP contribution in [0.3, 0.4) is 0 Å². The Kier molecular flexibility index (Phi) is 5.09. The fourth-order valence-corrected chi connectivity index (χ4v) is 3.33. The van der Waals surface area contributed by atoms with E-state index in [1.807, 2.05) is 6.92 Å². The summed E-state index contributed by atoms with van der Waals surface area (Å²) in [6, 6.07) is 4.48. The van der Waals surface area contributed by atoms with Crippen LogP contribution in [-0.2, 0) is 12.1 Å². The van der Waals surface area contributed by atoms with Gasteiger partial charge in [0.25, 0.3) is 0 Å². The number of thiocarbonyl (C=S) groups is 1. The van der Waals surface area contributed by atoms with E-state index in [0.29, 0.717) is 5.92 Å². The zero-order valence-corrected chi connectivity index (χ0v) is 15.5. The van der Waals surface area contributed by atoms with E-state index >= 15 is 0 Å². The van der Waals surface area contributed by atoms with Gasteiger partial charge >= 0.3 is 6.01 Å². The van der Waals surface area contributed by atoms with Gasteiger partial charge in [0.1, 0.15) is 17.7 Å². The van der Waals surface area contributed by atoms with Crippen LogP contribution in [0.5, 0.6) is 6.01 Å². The van der Waals surface area contributed by atoms with Crippen molar-refractivity contribution >= 4 is 28.9 Å². The Morgan fingerprint density at radius 2 is 2.28 bits per heavy atom. The van der Waals surface area contributed by atoms with Crippen molar-refractivity contribution in [2.75, 3.05) is 0 Å². The van der Waals surface area contributed by atoms with Crippen LogP contribution in [0.1, 0.15) is 32.3 Å². The van der Waals surface area contributed by atoms with E-state index in [2.05, 4.69) is 10.1 Å². The lowest BCUT2D eigenvalue weighted by molar-refractivity contribution is -0.0480. The molecule has 1 aromatic heterocycles. The second kappa shape index (κ2) is 6.97. The third kappa shape index (κ3) is 3.83. The molecule has 25 heavy (non-hydrogen) atoms. The van der Waals surface area contributed by atoms with Crippen LogP contribution in [0, 0.1) is 17.7 Å². The van der Waals surface area contributed by atoms with Crippen molar-refractivity contribution in [2.24, 2.45) is 11.8 Å². The molecule has 1 aliphatic rings. The summed E-state index contributed by atoms with van der Waals surface area (Å²) in [5.74, 6) is -0.384. The maximum atomic E-state index is 14.6. The molecule has 1 heterocycles. The van der Waals surface area contributed by atoms with Crippen LogP contribution in [0.4, 0.5) is 4.39 Å². The molecule has 1 unspecified atom stereocenters. The van der Waals surface area contributed by atoms with Crippen molar-refractivity contribution in [3.8, 4) is 6.01 Å². The van der Waals surface area contributed by atoms with Crippen molar-refractivity contribution in [3.63, 3.8) is 0 Å². The molecular weight excluding hydrogens is 365 g/mol. The Labute approximate surface area is 155 Å². The molecule has 3 rings (SSSR count). The minimum atomic E-state index is -1.48.